The third-order valence-electron chi connectivity index (χ3n) is 3.64. The lowest BCUT2D eigenvalue weighted by atomic mass is 10.1. The largest absolute Gasteiger partial charge is 0.342 e. The van der Waals surface area contributed by atoms with Crippen LogP contribution in [0.1, 0.15) is 5.56 Å². The molecule has 4 rings (SSSR count). The van der Waals surface area contributed by atoms with Gasteiger partial charge in [-0.25, -0.2) is 0 Å². The SMILES string of the molecule is Clc1cnc2ccc(Cn3ccc4ccncc43)cc2c1. The third-order valence-corrected chi connectivity index (χ3v) is 3.85. The molecule has 3 heterocycles. The smallest absolute Gasteiger partial charge is 0.0703 e. The summed E-state index contributed by atoms with van der Waals surface area (Å²) in [5, 5.41) is 2.93. The maximum atomic E-state index is 6.02. The highest BCUT2D eigenvalue weighted by Gasteiger charge is 2.03. The molecule has 0 atom stereocenters. The van der Waals surface area contributed by atoms with Crippen LogP contribution < -0.4 is 0 Å². The van der Waals surface area contributed by atoms with E-state index in [1.165, 1.54) is 10.9 Å². The van der Waals surface area contributed by atoms with E-state index in [1.807, 2.05) is 30.6 Å². The summed E-state index contributed by atoms with van der Waals surface area (Å²) >= 11 is 6.02. The van der Waals surface area contributed by atoms with Gasteiger partial charge in [0.15, 0.2) is 0 Å². The second-order valence-electron chi connectivity index (χ2n) is 5.06. The summed E-state index contributed by atoms with van der Waals surface area (Å²) < 4.78 is 2.20. The molecule has 4 aromatic rings. The molecule has 4 heteroatoms. The fourth-order valence-electron chi connectivity index (χ4n) is 2.62. The minimum absolute atomic E-state index is 0.662. The molecule has 0 aliphatic heterocycles. The summed E-state index contributed by atoms with van der Waals surface area (Å²) in [5.74, 6) is 0. The summed E-state index contributed by atoms with van der Waals surface area (Å²) in [6, 6.07) is 12.3. The van der Waals surface area contributed by atoms with Gasteiger partial charge in [0.2, 0.25) is 0 Å². The molecule has 0 radical (unpaired) electrons. The fraction of sp³-hybridized carbons (Fsp3) is 0.0588. The summed E-state index contributed by atoms with van der Waals surface area (Å²) in [4.78, 5) is 8.52. The monoisotopic (exact) mass is 293 g/mol. The molecule has 1 aromatic carbocycles. The molecule has 0 saturated carbocycles. The zero-order valence-electron chi connectivity index (χ0n) is 11.2. The molecule has 0 unspecified atom stereocenters. The molecule has 0 spiro atoms. The van der Waals surface area contributed by atoms with E-state index < -0.39 is 0 Å². The van der Waals surface area contributed by atoms with Crippen LogP contribution in [0.5, 0.6) is 0 Å². The minimum Gasteiger partial charge on any atom is -0.342 e. The average Bonchev–Trinajstić information content (AvgIpc) is 2.90. The molecular formula is C17H12ClN3. The van der Waals surface area contributed by atoms with Crippen LogP contribution in [0.4, 0.5) is 0 Å². The van der Waals surface area contributed by atoms with Crippen LogP contribution in [-0.2, 0) is 6.54 Å². The maximum absolute atomic E-state index is 6.02. The molecule has 0 amide bonds. The van der Waals surface area contributed by atoms with Gasteiger partial charge >= 0.3 is 0 Å². The molecule has 102 valence electrons. The van der Waals surface area contributed by atoms with Crippen molar-refractivity contribution >= 4 is 33.4 Å². The summed E-state index contributed by atoms with van der Waals surface area (Å²) in [6.07, 6.45) is 7.48. The van der Waals surface area contributed by atoms with Crippen molar-refractivity contribution in [2.75, 3.05) is 0 Å². The number of fused-ring (bicyclic) bond motifs is 2. The Morgan fingerprint density at radius 2 is 1.95 bits per heavy atom. The van der Waals surface area contributed by atoms with E-state index in [0.29, 0.717) is 5.02 Å². The van der Waals surface area contributed by atoms with Gasteiger partial charge in [0.05, 0.1) is 22.3 Å². The average molecular weight is 294 g/mol. The number of nitrogens with zero attached hydrogens (tertiary/aromatic N) is 3. The number of hydrogen-bond donors (Lipinski definition) is 0. The van der Waals surface area contributed by atoms with Gasteiger partial charge in [-0.3, -0.25) is 9.97 Å². The fourth-order valence-corrected chi connectivity index (χ4v) is 2.78. The van der Waals surface area contributed by atoms with Crippen LogP contribution >= 0.6 is 11.6 Å². The summed E-state index contributed by atoms with van der Waals surface area (Å²) in [5.41, 5.74) is 3.32. The Labute approximate surface area is 126 Å². The van der Waals surface area contributed by atoms with E-state index in [0.717, 1.165) is 23.0 Å². The van der Waals surface area contributed by atoms with Crippen molar-refractivity contribution in [3.05, 3.63) is 71.8 Å². The molecule has 0 aliphatic carbocycles. The van der Waals surface area contributed by atoms with Crippen molar-refractivity contribution in [1.82, 2.24) is 14.5 Å². The first-order valence-electron chi connectivity index (χ1n) is 6.73. The van der Waals surface area contributed by atoms with Crippen LogP contribution in [0.25, 0.3) is 21.8 Å². The Kier molecular flexibility index (Phi) is 2.86. The van der Waals surface area contributed by atoms with E-state index in [4.69, 9.17) is 11.6 Å². The Hall–Kier alpha value is -2.39. The highest BCUT2D eigenvalue weighted by atomic mass is 35.5. The summed E-state index contributed by atoms with van der Waals surface area (Å²) in [6.45, 7) is 0.803. The highest BCUT2D eigenvalue weighted by molar-refractivity contribution is 6.31. The van der Waals surface area contributed by atoms with Gasteiger partial charge in [-0.05, 0) is 35.9 Å². The second-order valence-corrected chi connectivity index (χ2v) is 5.50. The van der Waals surface area contributed by atoms with Crippen LogP contribution in [0.2, 0.25) is 5.02 Å². The number of rotatable bonds is 2. The van der Waals surface area contributed by atoms with Crippen molar-refractivity contribution in [1.29, 1.82) is 0 Å². The zero-order valence-corrected chi connectivity index (χ0v) is 12.0. The standard InChI is InChI=1S/C17H12ClN3/c18-15-8-14-7-12(1-2-16(14)20-9-15)11-21-6-4-13-3-5-19-10-17(13)21/h1-10H,11H2. The molecule has 3 aromatic heterocycles. The van der Waals surface area contributed by atoms with Gasteiger partial charge in [-0.1, -0.05) is 17.7 Å². The first-order valence-corrected chi connectivity index (χ1v) is 7.10. The lowest BCUT2D eigenvalue weighted by molar-refractivity contribution is 0.836. The lowest BCUT2D eigenvalue weighted by Crippen LogP contribution is -1.98. The van der Waals surface area contributed by atoms with Gasteiger partial charge in [0.25, 0.3) is 0 Å². The summed E-state index contributed by atoms with van der Waals surface area (Å²) in [7, 11) is 0. The number of pyridine rings is 2. The topological polar surface area (TPSA) is 30.7 Å². The highest BCUT2D eigenvalue weighted by Crippen LogP contribution is 2.20. The predicted molar refractivity (Wildman–Crippen MR) is 85.6 cm³/mol. The normalized spacial score (nSPS) is 11.3. The molecule has 0 N–H and O–H groups in total. The predicted octanol–water partition coefficient (Wildman–Crippen LogP) is 4.29. The van der Waals surface area contributed by atoms with Gasteiger partial charge in [0.1, 0.15) is 0 Å². The Balaban J connectivity index is 1.76. The van der Waals surface area contributed by atoms with Crippen molar-refractivity contribution in [3.8, 4) is 0 Å². The Morgan fingerprint density at radius 1 is 1.00 bits per heavy atom. The van der Waals surface area contributed by atoms with Crippen LogP contribution in [0.3, 0.4) is 0 Å². The van der Waals surface area contributed by atoms with Crippen molar-refractivity contribution in [3.63, 3.8) is 0 Å². The molecule has 21 heavy (non-hydrogen) atoms. The molecule has 0 aliphatic rings. The van der Waals surface area contributed by atoms with Crippen molar-refractivity contribution in [2.24, 2.45) is 0 Å². The third kappa shape index (κ3) is 2.26. The number of benzene rings is 1. The van der Waals surface area contributed by atoms with Gasteiger partial charge in [0, 0.05) is 35.9 Å². The molecular weight excluding hydrogens is 282 g/mol. The number of aromatic nitrogens is 3. The quantitative estimate of drug-likeness (QED) is 0.552. The van der Waals surface area contributed by atoms with Gasteiger partial charge < -0.3 is 4.57 Å². The zero-order chi connectivity index (χ0) is 14.2. The molecule has 0 bridgehead atoms. The van der Waals surface area contributed by atoms with E-state index in [2.05, 4.69) is 38.9 Å². The molecule has 3 nitrogen and oxygen atoms in total. The number of hydrogen-bond acceptors (Lipinski definition) is 2. The van der Waals surface area contributed by atoms with Gasteiger partial charge in [-0.15, -0.1) is 0 Å². The van der Waals surface area contributed by atoms with Crippen LogP contribution in [-0.4, -0.2) is 14.5 Å². The second kappa shape index (κ2) is 4.86. The van der Waals surface area contributed by atoms with E-state index in [1.54, 1.807) is 6.20 Å². The van der Waals surface area contributed by atoms with Crippen LogP contribution in [0, 0.1) is 0 Å². The first kappa shape index (κ1) is 12.4. The van der Waals surface area contributed by atoms with Crippen molar-refractivity contribution < 1.29 is 0 Å². The van der Waals surface area contributed by atoms with E-state index in [9.17, 15) is 0 Å². The van der Waals surface area contributed by atoms with Crippen LogP contribution in [0.15, 0.2) is 61.2 Å². The Bertz CT molecular complexity index is 943. The Morgan fingerprint density at radius 3 is 2.90 bits per heavy atom. The first-order chi connectivity index (χ1) is 10.3. The van der Waals surface area contributed by atoms with E-state index in [-0.39, 0.29) is 0 Å². The lowest BCUT2D eigenvalue weighted by Gasteiger charge is -2.07. The number of halogens is 1. The van der Waals surface area contributed by atoms with E-state index >= 15 is 0 Å². The molecule has 0 saturated heterocycles. The molecule has 0 fully saturated rings. The van der Waals surface area contributed by atoms with Crippen molar-refractivity contribution in [2.45, 2.75) is 6.54 Å². The minimum atomic E-state index is 0.662. The maximum Gasteiger partial charge on any atom is 0.0703 e. The van der Waals surface area contributed by atoms with Gasteiger partial charge in [-0.2, -0.15) is 0 Å².